The zero-order chi connectivity index (χ0) is 21.4. The second-order valence-electron chi connectivity index (χ2n) is 9.01. The second-order valence-corrected chi connectivity index (χ2v) is 9.01. The normalized spacial score (nSPS) is 24.0. The Kier molecular flexibility index (Phi) is 4.75. The van der Waals surface area contributed by atoms with Gasteiger partial charge in [0.1, 0.15) is 12.4 Å². The van der Waals surface area contributed by atoms with Crippen LogP contribution in [0.15, 0.2) is 83.7 Å². The first-order valence-corrected chi connectivity index (χ1v) is 11.3. The Bertz CT molecular complexity index is 1170. The van der Waals surface area contributed by atoms with Gasteiger partial charge in [0.05, 0.1) is 5.69 Å². The van der Waals surface area contributed by atoms with E-state index < -0.39 is 0 Å². The lowest BCUT2D eigenvalue weighted by molar-refractivity contribution is 0.299. The average molecular weight is 424 g/mol. The van der Waals surface area contributed by atoms with Gasteiger partial charge in [0.15, 0.2) is 0 Å². The van der Waals surface area contributed by atoms with Crippen molar-refractivity contribution < 1.29 is 9.15 Å². The van der Waals surface area contributed by atoms with Crippen LogP contribution in [-0.4, -0.2) is 15.2 Å². The fourth-order valence-electron chi connectivity index (χ4n) is 5.90. The summed E-state index contributed by atoms with van der Waals surface area (Å²) < 4.78 is 11.4. The summed E-state index contributed by atoms with van der Waals surface area (Å²) >= 11 is 0. The van der Waals surface area contributed by atoms with Crippen molar-refractivity contribution >= 4 is 0 Å². The van der Waals surface area contributed by atoms with Gasteiger partial charge in [0, 0.05) is 17.2 Å². The molecule has 2 bridgehead atoms. The molecule has 2 aromatic heterocycles. The Hall–Kier alpha value is -3.47. The molecule has 2 fully saturated rings. The van der Waals surface area contributed by atoms with Crippen LogP contribution in [-0.2, 0) is 12.0 Å². The summed E-state index contributed by atoms with van der Waals surface area (Å²) in [5.41, 5.74) is 4.73. The molecule has 1 unspecified atom stereocenters. The van der Waals surface area contributed by atoms with Gasteiger partial charge >= 0.3 is 0 Å². The summed E-state index contributed by atoms with van der Waals surface area (Å²) in [6, 6.07) is 23.4. The summed E-state index contributed by atoms with van der Waals surface area (Å²) in [6.45, 7) is 0.479. The van der Waals surface area contributed by atoms with Crippen molar-refractivity contribution in [2.75, 3.05) is 0 Å². The molecule has 5 heteroatoms. The van der Waals surface area contributed by atoms with E-state index in [9.17, 15) is 0 Å². The van der Waals surface area contributed by atoms with E-state index in [0.29, 0.717) is 18.4 Å². The summed E-state index contributed by atoms with van der Waals surface area (Å²) in [7, 11) is 0. The third-order valence-electron chi connectivity index (χ3n) is 7.34. The van der Waals surface area contributed by atoms with Crippen LogP contribution in [0.2, 0.25) is 0 Å². The largest absolute Gasteiger partial charge is 0.487 e. The number of fused-ring (bicyclic) bond motifs is 2. The van der Waals surface area contributed by atoms with Crippen LogP contribution in [0.4, 0.5) is 0 Å². The van der Waals surface area contributed by atoms with Crippen molar-refractivity contribution in [2.24, 2.45) is 11.8 Å². The molecular formula is C27H25N3O2. The highest BCUT2D eigenvalue weighted by molar-refractivity contribution is 5.55. The molecule has 0 spiro atoms. The van der Waals surface area contributed by atoms with E-state index in [4.69, 9.17) is 9.15 Å². The minimum absolute atomic E-state index is 0.0653. The SMILES string of the molecule is c1ccc(COc2ccc([C@@]3(c4ccc(-c5nnco5)cc4)CC4CC[C@@H]3C4)cc2)nc1. The second kappa shape index (κ2) is 7.90. The van der Waals surface area contributed by atoms with E-state index >= 15 is 0 Å². The van der Waals surface area contributed by atoms with Crippen LogP contribution in [0.25, 0.3) is 11.5 Å². The van der Waals surface area contributed by atoms with Crippen LogP contribution >= 0.6 is 0 Å². The van der Waals surface area contributed by atoms with E-state index in [1.54, 1.807) is 6.20 Å². The molecule has 2 heterocycles. The maximum atomic E-state index is 5.98. The number of rotatable bonds is 6. The Morgan fingerprint density at radius 3 is 2.38 bits per heavy atom. The molecule has 2 aliphatic rings. The quantitative estimate of drug-likeness (QED) is 0.391. The topological polar surface area (TPSA) is 61.0 Å². The van der Waals surface area contributed by atoms with Gasteiger partial charge in [-0.05, 0) is 78.6 Å². The summed E-state index contributed by atoms with van der Waals surface area (Å²) in [5, 5.41) is 7.84. The number of nitrogens with zero attached hydrogens (tertiary/aromatic N) is 3. The minimum atomic E-state index is 0.0653. The number of hydrogen-bond donors (Lipinski definition) is 0. The molecule has 4 aromatic rings. The lowest BCUT2D eigenvalue weighted by Crippen LogP contribution is -2.34. The highest BCUT2D eigenvalue weighted by atomic mass is 16.5. The molecule has 5 nitrogen and oxygen atoms in total. The van der Waals surface area contributed by atoms with E-state index in [0.717, 1.165) is 22.9 Å². The van der Waals surface area contributed by atoms with E-state index in [1.165, 1.54) is 43.2 Å². The van der Waals surface area contributed by atoms with Crippen LogP contribution < -0.4 is 4.74 Å². The molecule has 3 atom stereocenters. The predicted molar refractivity (Wildman–Crippen MR) is 121 cm³/mol. The highest BCUT2D eigenvalue weighted by Gasteiger charge is 2.52. The monoisotopic (exact) mass is 423 g/mol. The van der Waals surface area contributed by atoms with Crippen molar-refractivity contribution in [3.8, 4) is 17.2 Å². The molecule has 0 amide bonds. The first kappa shape index (κ1) is 19.2. The van der Waals surface area contributed by atoms with Crippen molar-refractivity contribution in [3.63, 3.8) is 0 Å². The molecule has 0 aliphatic heterocycles. The molecule has 6 rings (SSSR count). The molecular weight excluding hydrogens is 398 g/mol. The van der Waals surface area contributed by atoms with Gasteiger partial charge in [-0.25, -0.2) is 0 Å². The zero-order valence-electron chi connectivity index (χ0n) is 17.9. The number of pyridine rings is 1. The van der Waals surface area contributed by atoms with Crippen molar-refractivity contribution in [1.29, 1.82) is 0 Å². The summed E-state index contributed by atoms with van der Waals surface area (Å²) in [4.78, 5) is 4.34. The van der Waals surface area contributed by atoms with Crippen molar-refractivity contribution in [1.82, 2.24) is 15.2 Å². The summed E-state index contributed by atoms with van der Waals surface area (Å²) in [5.74, 6) is 2.94. The Labute approximate surface area is 187 Å². The summed E-state index contributed by atoms with van der Waals surface area (Å²) in [6.07, 6.45) is 8.36. The standard InChI is InChI=1S/C27H25N3O2/c1-2-14-28-24(3-1)17-31-25-12-10-22(11-13-25)27(16-19-4-7-23(27)15-19)21-8-5-20(6-9-21)26-30-29-18-32-26/h1-3,5-6,8-14,18-19,23H,4,7,15-17H2/t19?,23-,27+/m1/s1. The third kappa shape index (κ3) is 3.29. The molecule has 0 saturated heterocycles. The molecule has 2 saturated carbocycles. The van der Waals surface area contributed by atoms with Crippen LogP contribution in [0, 0.1) is 11.8 Å². The first-order chi connectivity index (χ1) is 15.8. The van der Waals surface area contributed by atoms with Gasteiger partial charge in [-0.2, -0.15) is 0 Å². The van der Waals surface area contributed by atoms with Crippen molar-refractivity contribution in [2.45, 2.75) is 37.7 Å². The lowest BCUT2D eigenvalue weighted by Gasteiger charge is -2.39. The van der Waals surface area contributed by atoms with Gasteiger partial charge in [0.25, 0.3) is 0 Å². The first-order valence-electron chi connectivity index (χ1n) is 11.3. The fraction of sp³-hybridized carbons (Fsp3) is 0.296. The van der Waals surface area contributed by atoms with E-state index in [2.05, 4.69) is 63.7 Å². The molecule has 160 valence electrons. The number of hydrogen-bond acceptors (Lipinski definition) is 5. The van der Waals surface area contributed by atoms with E-state index in [-0.39, 0.29) is 5.41 Å². The fourth-order valence-corrected chi connectivity index (χ4v) is 5.90. The van der Waals surface area contributed by atoms with Gasteiger partial charge < -0.3 is 9.15 Å². The highest BCUT2D eigenvalue weighted by Crippen LogP contribution is 2.60. The van der Waals surface area contributed by atoms with Crippen LogP contribution in [0.1, 0.15) is 42.5 Å². The zero-order valence-corrected chi connectivity index (χ0v) is 17.9. The van der Waals surface area contributed by atoms with Gasteiger partial charge in [0.2, 0.25) is 12.3 Å². The molecule has 0 N–H and O–H groups in total. The smallest absolute Gasteiger partial charge is 0.247 e. The maximum absolute atomic E-state index is 5.98. The third-order valence-corrected chi connectivity index (χ3v) is 7.34. The Balaban J connectivity index is 1.29. The molecule has 0 radical (unpaired) electrons. The van der Waals surface area contributed by atoms with Gasteiger partial charge in [-0.3, -0.25) is 4.98 Å². The lowest BCUT2D eigenvalue weighted by atomic mass is 9.64. The van der Waals surface area contributed by atoms with Gasteiger partial charge in [-0.15, -0.1) is 10.2 Å². The number of aromatic nitrogens is 3. The Morgan fingerprint density at radius 1 is 0.938 bits per heavy atom. The number of ether oxygens (including phenoxy) is 1. The van der Waals surface area contributed by atoms with Crippen molar-refractivity contribution in [3.05, 3.63) is 96.1 Å². The van der Waals surface area contributed by atoms with Crippen LogP contribution in [0.3, 0.4) is 0 Å². The van der Waals surface area contributed by atoms with E-state index in [1.807, 2.05) is 18.2 Å². The molecule has 2 aromatic carbocycles. The number of benzene rings is 2. The van der Waals surface area contributed by atoms with Crippen LogP contribution in [0.5, 0.6) is 5.75 Å². The van der Waals surface area contributed by atoms with Gasteiger partial charge in [-0.1, -0.05) is 36.8 Å². The molecule has 2 aliphatic carbocycles. The average Bonchev–Trinajstić information content (AvgIpc) is 3.62. The maximum Gasteiger partial charge on any atom is 0.247 e. The minimum Gasteiger partial charge on any atom is -0.487 e. The predicted octanol–water partition coefficient (Wildman–Crippen LogP) is 5.82. The Morgan fingerprint density at radius 2 is 1.75 bits per heavy atom. The molecule has 32 heavy (non-hydrogen) atoms.